The zero-order chi connectivity index (χ0) is 14.3. The van der Waals surface area contributed by atoms with E-state index in [-0.39, 0.29) is 19.1 Å². The van der Waals surface area contributed by atoms with Crippen molar-refractivity contribution in [2.75, 3.05) is 26.3 Å². The van der Waals surface area contributed by atoms with Crippen LogP contribution in [0.5, 0.6) is 0 Å². The molecule has 0 fully saturated rings. The van der Waals surface area contributed by atoms with Crippen LogP contribution >= 0.6 is 0 Å². The highest BCUT2D eigenvalue weighted by Crippen LogP contribution is 2.07. The summed E-state index contributed by atoms with van der Waals surface area (Å²) in [5.41, 5.74) is 0. The Balaban J connectivity index is 3.94. The number of carbonyl (C=O) groups excluding carboxylic acids is 1. The van der Waals surface area contributed by atoms with Crippen LogP contribution in [0.4, 0.5) is 0 Å². The van der Waals surface area contributed by atoms with Gasteiger partial charge in [-0.05, 0) is 32.1 Å². The van der Waals surface area contributed by atoms with Gasteiger partial charge in [0.15, 0.2) is 0 Å². The molecule has 0 aromatic rings. The molecule has 0 aliphatic carbocycles. The Kier molecular flexibility index (Phi) is 13.4. The van der Waals surface area contributed by atoms with Crippen LogP contribution in [0.1, 0.15) is 64.7 Å². The summed E-state index contributed by atoms with van der Waals surface area (Å²) >= 11 is 0. The summed E-state index contributed by atoms with van der Waals surface area (Å²) in [5, 5.41) is 17.6. The lowest BCUT2D eigenvalue weighted by Gasteiger charge is -2.22. The van der Waals surface area contributed by atoms with Crippen molar-refractivity contribution in [3.05, 3.63) is 0 Å². The fourth-order valence-corrected chi connectivity index (χ4v) is 2.05. The van der Waals surface area contributed by atoms with Crippen molar-refractivity contribution >= 4 is 5.91 Å². The third-order valence-corrected chi connectivity index (χ3v) is 3.27. The van der Waals surface area contributed by atoms with Gasteiger partial charge in [-0.1, -0.05) is 26.2 Å². The first-order valence-electron chi connectivity index (χ1n) is 7.75. The molecule has 0 atom stereocenters. The molecule has 4 heteroatoms. The molecular formula is C15H31NO3. The minimum atomic E-state index is 0.190. The number of hydrogen-bond acceptors (Lipinski definition) is 3. The maximum atomic E-state index is 12.1. The van der Waals surface area contributed by atoms with Crippen molar-refractivity contribution in [3.8, 4) is 0 Å². The molecule has 0 rings (SSSR count). The number of aliphatic hydroxyl groups is 2. The van der Waals surface area contributed by atoms with E-state index in [4.69, 9.17) is 10.2 Å². The van der Waals surface area contributed by atoms with E-state index < -0.39 is 0 Å². The summed E-state index contributed by atoms with van der Waals surface area (Å²) in [6.45, 7) is 4.01. The lowest BCUT2D eigenvalue weighted by atomic mass is 10.1. The van der Waals surface area contributed by atoms with Crippen LogP contribution in [-0.4, -0.2) is 47.3 Å². The molecule has 0 aromatic heterocycles. The Morgan fingerprint density at radius 3 is 1.89 bits per heavy atom. The van der Waals surface area contributed by atoms with Crippen LogP contribution in [-0.2, 0) is 4.79 Å². The number of unbranched alkanes of at least 4 members (excludes halogenated alkanes) is 5. The Bertz CT molecular complexity index is 200. The second-order valence-electron chi connectivity index (χ2n) is 5.05. The van der Waals surface area contributed by atoms with Crippen molar-refractivity contribution in [2.45, 2.75) is 64.7 Å². The zero-order valence-corrected chi connectivity index (χ0v) is 12.4. The van der Waals surface area contributed by atoms with E-state index in [1.165, 1.54) is 12.8 Å². The van der Waals surface area contributed by atoms with Gasteiger partial charge in [-0.2, -0.15) is 0 Å². The summed E-state index contributed by atoms with van der Waals surface area (Å²) < 4.78 is 0. The van der Waals surface area contributed by atoms with E-state index in [0.717, 1.165) is 51.6 Å². The summed E-state index contributed by atoms with van der Waals surface area (Å²) in [6.07, 6.45) is 8.34. The van der Waals surface area contributed by atoms with Gasteiger partial charge in [-0.25, -0.2) is 0 Å². The summed E-state index contributed by atoms with van der Waals surface area (Å²) in [6, 6.07) is 0. The maximum absolute atomic E-state index is 12.1. The van der Waals surface area contributed by atoms with Crippen molar-refractivity contribution in [3.63, 3.8) is 0 Å². The lowest BCUT2D eigenvalue weighted by Crippen LogP contribution is -2.33. The normalized spacial score (nSPS) is 10.7. The third-order valence-electron chi connectivity index (χ3n) is 3.27. The maximum Gasteiger partial charge on any atom is 0.222 e. The highest BCUT2D eigenvalue weighted by atomic mass is 16.3. The fraction of sp³-hybridized carbons (Fsp3) is 0.933. The zero-order valence-electron chi connectivity index (χ0n) is 12.4. The van der Waals surface area contributed by atoms with Crippen LogP contribution in [0, 0.1) is 0 Å². The highest BCUT2D eigenvalue weighted by Gasteiger charge is 2.12. The van der Waals surface area contributed by atoms with Gasteiger partial charge in [-0.15, -0.1) is 0 Å². The predicted octanol–water partition coefficient (Wildman–Crippen LogP) is 2.33. The first kappa shape index (κ1) is 18.4. The van der Waals surface area contributed by atoms with Gasteiger partial charge in [0.1, 0.15) is 0 Å². The average Bonchev–Trinajstić information content (AvgIpc) is 2.42. The molecule has 0 unspecified atom stereocenters. The Labute approximate surface area is 117 Å². The topological polar surface area (TPSA) is 60.8 Å². The van der Waals surface area contributed by atoms with Crippen molar-refractivity contribution in [1.29, 1.82) is 0 Å². The van der Waals surface area contributed by atoms with Crippen LogP contribution < -0.4 is 0 Å². The molecule has 0 saturated carbocycles. The smallest absolute Gasteiger partial charge is 0.222 e. The summed E-state index contributed by atoms with van der Waals surface area (Å²) in [5.74, 6) is 0.229. The number of carbonyl (C=O) groups is 1. The minimum Gasteiger partial charge on any atom is -0.396 e. The van der Waals surface area contributed by atoms with Gasteiger partial charge in [0.05, 0.1) is 0 Å². The number of nitrogens with zero attached hydrogens (tertiary/aromatic N) is 1. The van der Waals surface area contributed by atoms with E-state index in [2.05, 4.69) is 6.92 Å². The van der Waals surface area contributed by atoms with E-state index in [9.17, 15) is 4.79 Å². The van der Waals surface area contributed by atoms with Crippen molar-refractivity contribution in [1.82, 2.24) is 4.90 Å². The third kappa shape index (κ3) is 11.0. The predicted molar refractivity (Wildman–Crippen MR) is 78.0 cm³/mol. The molecule has 0 spiro atoms. The Hall–Kier alpha value is -0.610. The fourth-order valence-electron chi connectivity index (χ4n) is 2.05. The molecule has 0 bridgehead atoms. The average molecular weight is 273 g/mol. The monoisotopic (exact) mass is 273 g/mol. The van der Waals surface area contributed by atoms with Gasteiger partial charge in [0, 0.05) is 32.7 Å². The molecular weight excluding hydrogens is 242 g/mol. The number of rotatable bonds is 13. The molecule has 0 saturated heterocycles. The number of hydrogen-bond donors (Lipinski definition) is 2. The highest BCUT2D eigenvalue weighted by molar-refractivity contribution is 5.76. The van der Waals surface area contributed by atoms with Gasteiger partial charge in [-0.3, -0.25) is 4.79 Å². The van der Waals surface area contributed by atoms with Gasteiger partial charge in [0.25, 0.3) is 0 Å². The standard InChI is InChI=1S/C15H31NO3/c1-2-3-4-5-10-15(19)16(11-6-8-13-17)12-7-9-14-18/h17-18H,2-14H2,1H3. The Morgan fingerprint density at radius 1 is 0.842 bits per heavy atom. The van der Waals surface area contributed by atoms with Crippen molar-refractivity contribution in [2.24, 2.45) is 0 Å². The number of aliphatic hydroxyl groups excluding tert-OH is 2. The van der Waals surface area contributed by atoms with E-state index in [0.29, 0.717) is 6.42 Å². The first-order valence-corrected chi connectivity index (χ1v) is 7.75. The molecule has 1 amide bonds. The summed E-state index contributed by atoms with van der Waals surface area (Å²) in [4.78, 5) is 14.0. The molecule has 19 heavy (non-hydrogen) atoms. The van der Waals surface area contributed by atoms with Gasteiger partial charge >= 0.3 is 0 Å². The number of amides is 1. The lowest BCUT2D eigenvalue weighted by molar-refractivity contribution is -0.131. The molecule has 0 radical (unpaired) electrons. The Morgan fingerprint density at radius 2 is 1.42 bits per heavy atom. The van der Waals surface area contributed by atoms with Crippen LogP contribution in [0.3, 0.4) is 0 Å². The second-order valence-corrected chi connectivity index (χ2v) is 5.05. The van der Waals surface area contributed by atoms with Gasteiger partial charge < -0.3 is 15.1 Å². The molecule has 0 heterocycles. The largest absolute Gasteiger partial charge is 0.396 e. The minimum absolute atomic E-state index is 0.190. The SMILES string of the molecule is CCCCCCC(=O)N(CCCCO)CCCCO. The molecule has 0 aromatic carbocycles. The van der Waals surface area contributed by atoms with Crippen LogP contribution in [0.25, 0.3) is 0 Å². The second kappa shape index (κ2) is 13.8. The van der Waals surface area contributed by atoms with E-state index in [1.54, 1.807) is 0 Å². The van der Waals surface area contributed by atoms with Crippen LogP contribution in [0.2, 0.25) is 0 Å². The van der Waals surface area contributed by atoms with Crippen molar-refractivity contribution < 1.29 is 15.0 Å². The van der Waals surface area contributed by atoms with E-state index in [1.807, 2.05) is 4.90 Å². The summed E-state index contributed by atoms with van der Waals surface area (Å²) in [7, 11) is 0. The molecule has 2 N–H and O–H groups in total. The van der Waals surface area contributed by atoms with Crippen LogP contribution in [0.15, 0.2) is 0 Å². The molecule has 114 valence electrons. The quantitative estimate of drug-likeness (QED) is 0.506. The molecule has 4 nitrogen and oxygen atoms in total. The molecule has 0 aliphatic heterocycles. The molecule has 0 aliphatic rings. The van der Waals surface area contributed by atoms with E-state index >= 15 is 0 Å². The first-order chi connectivity index (χ1) is 9.26. The van der Waals surface area contributed by atoms with Gasteiger partial charge in [0.2, 0.25) is 5.91 Å².